The Bertz CT molecular complexity index is 322. The van der Waals surface area contributed by atoms with Gasteiger partial charge in [0.2, 0.25) is 5.95 Å². The van der Waals surface area contributed by atoms with Crippen LogP contribution in [0.3, 0.4) is 0 Å². The first-order chi connectivity index (χ1) is 6.79. The van der Waals surface area contributed by atoms with E-state index in [0.717, 1.165) is 38.2 Å². The van der Waals surface area contributed by atoms with Crippen LogP contribution in [-0.2, 0) is 0 Å². The number of nitrogens with zero attached hydrogens (tertiary/aromatic N) is 2. The van der Waals surface area contributed by atoms with Crippen molar-refractivity contribution in [2.75, 3.05) is 18.0 Å². The summed E-state index contributed by atoms with van der Waals surface area (Å²) in [6.45, 7) is 1.77. The highest BCUT2D eigenvalue weighted by Gasteiger charge is 2.18. The second kappa shape index (κ2) is 3.79. The summed E-state index contributed by atoms with van der Waals surface area (Å²) in [5.41, 5.74) is 6.36. The summed E-state index contributed by atoms with van der Waals surface area (Å²) < 4.78 is 0. The Morgan fingerprint density at radius 2 is 2.57 bits per heavy atom. The number of hydrogen-bond donors (Lipinski definition) is 2. The van der Waals surface area contributed by atoms with Gasteiger partial charge >= 0.3 is 0 Å². The van der Waals surface area contributed by atoms with Crippen LogP contribution in [0.2, 0.25) is 0 Å². The van der Waals surface area contributed by atoms with Crippen LogP contribution in [0.4, 0.5) is 5.95 Å². The van der Waals surface area contributed by atoms with Crippen LogP contribution >= 0.6 is 0 Å². The molecule has 1 aliphatic heterocycles. The van der Waals surface area contributed by atoms with Gasteiger partial charge in [0.15, 0.2) is 6.29 Å². The predicted octanol–water partition coefficient (Wildman–Crippen LogP) is 0.150. The van der Waals surface area contributed by atoms with Gasteiger partial charge in [-0.05, 0) is 12.8 Å². The third kappa shape index (κ3) is 1.77. The summed E-state index contributed by atoms with van der Waals surface area (Å²) in [4.78, 5) is 19.6. The number of imidazole rings is 1. The van der Waals surface area contributed by atoms with Crippen molar-refractivity contribution in [1.29, 1.82) is 0 Å². The number of hydrogen-bond acceptors (Lipinski definition) is 4. The number of nitrogens with one attached hydrogen (secondary N) is 1. The third-order valence-electron chi connectivity index (χ3n) is 2.47. The molecule has 0 amide bonds. The predicted molar refractivity (Wildman–Crippen MR) is 53.4 cm³/mol. The Morgan fingerprint density at radius 1 is 1.71 bits per heavy atom. The Morgan fingerprint density at radius 3 is 3.21 bits per heavy atom. The molecule has 1 aromatic rings. The van der Waals surface area contributed by atoms with Gasteiger partial charge < -0.3 is 15.6 Å². The van der Waals surface area contributed by atoms with Crippen molar-refractivity contribution in [3.05, 3.63) is 11.9 Å². The fourth-order valence-electron chi connectivity index (χ4n) is 1.75. The second-order valence-corrected chi connectivity index (χ2v) is 3.63. The molecule has 0 bridgehead atoms. The maximum Gasteiger partial charge on any atom is 0.203 e. The van der Waals surface area contributed by atoms with E-state index in [2.05, 4.69) is 14.9 Å². The molecule has 1 aliphatic rings. The van der Waals surface area contributed by atoms with E-state index in [1.54, 1.807) is 6.20 Å². The first kappa shape index (κ1) is 9.21. The topological polar surface area (TPSA) is 75.0 Å². The van der Waals surface area contributed by atoms with Gasteiger partial charge in [0.1, 0.15) is 0 Å². The number of nitrogens with two attached hydrogens (primary N) is 1. The summed E-state index contributed by atoms with van der Waals surface area (Å²) in [6.07, 6.45) is 4.46. The number of aromatic nitrogens is 2. The molecule has 5 heteroatoms. The van der Waals surface area contributed by atoms with E-state index in [1.165, 1.54) is 0 Å². The van der Waals surface area contributed by atoms with E-state index in [9.17, 15) is 4.79 Å². The molecule has 14 heavy (non-hydrogen) atoms. The minimum Gasteiger partial charge on any atom is -0.341 e. The SMILES string of the molecule is NC1CCCN(c2ncc(C=O)[nH]2)C1. The number of rotatable bonds is 2. The quantitative estimate of drug-likeness (QED) is 0.657. The number of carbonyl (C=O) groups excluding carboxylic acids is 1. The van der Waals surface area contributed by atoms with E-state index in [1.807, 2.05) is 0 Å². The van der Waals surface area contributed by atoms with E-state index in [-0.39, 0.29) is 6.04 Å². The first-order valence-corrected chi connectivity index (χ1v) is 4.80. The molecule has 1 unspecified atom stereocenters. The highest BCUT2D eigenvalue weighted by Crippen LogP contribution is 2.15. The molecule has 0 radical (unpaired) electrons. The summed E-state index contributed by atoms with van der Waals surface area (Å²) >= 11 is 0. The number of piperidine rings is 1. The second-order valence-electron chi connectivity index (χ2n) is 3.63. The fraction of sp³-hybridized carbons (Fsp3) is 0.556. The number of H-pyrrole nitrogens is 1. The lowest BCUT2D eigenvalue weighted by Gasteiger charge is -2.30. The minimum absolute atomic E-state index is 0.216. The molecule has 3 N–H and O–H groups in total. The van der Waals surface area contributed by atoms with Crippen molar-refractivity contribution < 1.29 is 4.79 Å². The molecule has 0 aliphatic carbocycles. The number of carbonyl (C=O) groups is 1. The molecule has 1 atom stereocenters. The average Bonchev–Trinajstić information content (AvgIpc) is 2.66. The van der Waals surface area contributed by atoms with Crippen LogP contribution in [0.15, 0.2) is 6.20 Å². The molecular formula is C9H14N4O. The van der Waals surface area contributed by atoms with Gasteiger partial charge in [0.05, 0.1) is 11.9 Å². The maximum absolute atomic E-state index is 10.5. The number of anilines is 1. The van der Waals surface area contributed by atoms with Gasteiger partial charge in [-0.2, -0.15) is 0 Å². The van der Waals surface area contributed by atoms with Crippen molar-refractivity contribution >= 4 is 12.2 Å². The molecule has 1 fully saturated rings. The minimum atomic E-state index is 0.216. The van der Waals surface area contributed by atoms with E-state index >= 15 is 0 Å². The lowest BCUT2D eigenvalue weighted by Crippen LogP contribution is -2.43. The van der Waals surface area contributed by atoms with Gasteiger partial charge in [0.25, 0.3) is 0 Å². The third-order valence-corrected chi connectivity index (χ3v) is 2.47. The summed E-state index contributed by atoms with van der Waals surface area (Å²) in [7, 11) is 0. The van der Waals surface area contributed by atoms with E-state index in [0.29, 0.717) is 5.69 Å². The van der Waals surface area contributed by atoms with Gasteiger partial charge in [-0.15, -0.1) is 0 Å². The van der Waals surface area contributed by atoms with Crippen molar-refractivity contribution in [3.63, 3.8) is 0 Å². The lowest BCUT2D eigenvalue weighted by atomic mass is 10.1. The van der Waals surface area contributed by atoms with Crippen molar-refractivity contribution in [3.8, 4) is 0 Å². The highest BCUT2D eigenvalue weighted by atomic mass is 16.1. The summed E-state index contributed by atoms with van der Waals surface area (Å²) in [5, 5.41) is 0. The molecule has 1 aromatic heterocycles. The van der Waals surface area contributed by atoms with Crippen LogP contribution in [0.1, 0.15) is 23.3 Å². The van der Waals surface area contributed by atoms with Gasteiger partial charge in [-0.3, -0.25) is 4.79 Å². The Kier molecular flexibility index (Phi) is 2.49. The molecule has 0 aromatic carbocycles. The summed E-state index contributed by atoms with van der Waals surface area (Å²) in [5.74, 6) is 0.752. The Balaban J connectivity index is 2.09. The molecule has 0 saturated carbocycles. The van der Waals surface area contributed by atoms with Crippen molar-refractivity contribution in [1.82, 2.24) is 9.97 Å². The zero-order valence-corrected chi connectivity index (χ0v) is 7.94. The lowest BCUT2D eigenvalue weighted by molar-refractivity contribution is 0.111. The zero-order chi connectivity index (χ0) is 9.97. The van der Waals surface area contributed by atoms with Crippen LogP contribution in [0.25, 0.3) is 0 Å². The first-order valence-electron chi connectivity index (χ1n) is 4.80. The van der Waals surface area contributed by atoms with Crippen LogP contribution < -0.4 is 10.6 Å². The van der Waals surface area contributed by atoms with E-state index < -0.39 is 0 Å². The zero-order valence-electron chi connectivity index (χ0n) is 7.94. The average molecular weight is 194 g/mol. The standard InChI is InChI=1S/C9H14N4O/c10-7-2-1-3-13(5-7)9-11-4-8(6-14)12-9/h4,6-7H,1-3,5,10H2,(H,11,12). The smallest absolute Gasteiger partial charge is 0.203 e. The molecule has 5 nitrogen and oxygen atoms in total. The Labute approximate surface area is 82.3 Å². The van der Waals surface area contributed by atoms with Gasteiger partial charge in [-0.1, -0.05) is 0 Å². The van der Waals surface area contributed by atoms with Crippen LogP contribution in [0, 0.1) is 0 Å². The monoisotopic (exact) mass is 194 g/mol. The molecule has 1 saturated heterocycles. The van der Waals surface area contributed by atoms with Crippen molar-refractivity contribution in [2.45, 2.75) is 18.9 Å². The Hall–Kier alpha value is -1.36. The maximum atomic E-state index is 10.5. The van der Waals surface area contributed by atoms with Gasteiger partial charge in [0, 0.05) is 19.1 Å². The molecular weight excluding hydrogens is 180 g/mol. The highest BCUT2D eigenvalue weighted by molar-refractivity contribution is 5.72. The van der Waals surface area contributed by atoms with Crippen LogP contribution in [0.5, 0.6) is 0 Å². The largest absolute Gasteiger partial charge is 0.341 e. The normalized spacial score (nSPS) is 22.4. The molecule has 76 valence electrons. The van der Waals surface area contributed by atoms with Crippen molar-refractivity contribution in [2.24, 2.45) is 5.73 Å². The van der Waals surface area contributed by atoms with E-state index in [4.69, 9.17) is 5.73 Å². The fourth-order valence-corrected chi connectivity index (χ4v) is 1.75. The number of aldehydes is 1. The number of aromatic amines is 1. The summed E-state index contributed by atoms with van der Waals surface area (Å²) in [6, 6.07) is 0.216. The van der Waals surface area contributed by atoms with Gasteiger partial charge in [-0.25, -0.2) is 4.98 Å². The molecule has 2 rings (SSSR count). The molecule has 2 heterocycles. The molecule has 0 spiro atoms. The van der Waals surface area contributed by atoms with Crippen LogP contribution in [-0.4, -0.2) is 35.4 Å².